The molecule has 9 heteroatoms. The Kier molecular flexibility index (Phi) is 9.08. The number of nitrogens with zero attached hydrogens (tertiary/aromatic N) is 3. The molecular formula is C23H35F3IN5. The Bertz CT molecular complexity index is 751. The molecule has 180 valence electrons. The number of hydrogen-bond donors (Lipinski definition) is 2. The largest absolute Gasteiger partial charge is 0.416 e. The van der Waals surface area contributed by atoms with Gasteiger partial charge in [0, 0.05) is 51.4 Å². The van der Waals surface area contributed by atoms with Gasteiger partial charge in [0.1, 0.15) is 0 Å². The predicted molar refractivity (Wildman–Crippen MR) is 132 cm³/mol. The fraction of sp³-hybridized carbons (Fsp3) is 0.696. The number of rotatable bonds is 7. The van der Waals surface area contributed by atoms with Crippen molar-refractivity contribution < 1.29 is 13.2 Å². The Balaban J connectivity index is 0.00000289. The van der Waals surface area contributed by atoms with Crippen LogP contribution in [0.15, 0.2) is 29.3 Å². The van der Waals surface area contributed by atoms with Gasteiger partial charge in [-0.2, -0.15) is 13.2 Å². The minimum Gasteiger partial charge on any atom is -0.357 e. The molecule has 0 spiro atoms. The highest BCUT2D eigenvalue weighted by atomic mass is 127. The molecule has 0 bridgehead atoms. The lowest BCUT2D eigenvalue weighted by Gasteiger charge is -2.20. The number of alkyl halides is 3. The molecule has 32 heavy (non-hydrogen) atoms. The molecule has 3 fully saturated rings. The summed E-state index contributed by atoms with van der Waals surface area (Å²) in [6, 6.07) is 6.66. The first kappa shape index (κ1) is 25.6. The summed E-state index contributed by atoms with van der Waals surface area (Å²) in [7, 11) is 0. The highest BCUT2D eigenvalue weighted by Gasteiger charge is 2.34. The average molecular weight is 565 g/mol. The summed E-state index contributed by atoms with van der Waals surface area (Å²) in [4.78, 5) is 9.77. The van der Waals surface area contributed by atoms with E-state index in [0.29, 0.717) is 18.5 Å². The molecule has 3 aliphatic rings. The quantitative estimate of drug-likeness (QED) is 0.299. The summed E-state index contributed by atoms with van der Waals surface area (Å²) in [6.07, 6.45) is 0.696. The maximum absolute atomic E-state index is 12.7. The Morgan fingerprint density at radius 3 is 2.47 bits per heavy atom. The van der Waals surface area contributed by atoms with Gasteiger partial charge in [-0.25, -0.2) is 0 Å². The summed E-state index contributed by atoms with van der Waals surface area (Å²) >= 11 is 0. The van der Waals surface area contributed by atoms with Crippen LogP contribution in [-0.2, 0) is 12.7 Å². The normalized spacial score (nSPS) is 25.1. The Morgan fingerprint density at radius 1 is 1.06 bits per heavy atom. The molecule has 4 rings (SSSR count). The molecule has 5 nitrogen and oxygen atoms in total. The van der Waals surface area contributed by atoms with Crippen molar-refractivity contribution in [2.75, 3.05) is 39.3 Å². The van der Waals surface area contributed by atoms with E-state index in [1.165, 1.54) is 44.5 Å². The van der Waals surface area contributed by atoms with E-state index in [1.807, 2.05) is 0 Å². The zero-order valence-electron chi connectivity index (χ0n) is 18.7. The number of halogens is 4. The zero-order chi connectivity index (χ0) is 21.8. The van der Waals surface area contributed by atoms with Gasteiger partial charge in [-0.3, -0.25) is 9.89 Å². The number of likely N-dealkylation sites (tertiary alicyclic amines) is 2. The molecule has 0 aromatic heterocycles. The minimum atomic E-state index is -4.28. The molecule has 1 aromatic rings. The monoisotopic (exact) mass is 565 g/mol. The summed E-state index contributed by atoms with van der Waals surface area (Å²) in [5.41, 5.74) is 0.321. The molecule has 2 atom stereocenters. The third-order valence-electron chi connectivity index (χ3n) is 6.53. The van der Waals surface area contributed by atoms with Crippen LogP contribution in [0.25, 0.3) is 0 Å². The third kappa shape index (κ3) is 7.21. The topological polar surface area (TPSA) is 42.9 Å². The summed E-state index contributed by atoms with van der Waals surface area (Å²) in [5.74, 6) is 1.53. The van der Waals surface area contributed by atoms with E-state index >= 15 is 0 Å². The molecule has 0 radical (unpaired) electrons. The van der Waals surface area contributed by atoms with Crippen molar-refractivity contribution in [2.24, 2.45) is 10.9 Å². The SMILES string of the molecule is CCNC(=NCC1CCN(C2CC2)C1)NC1CCN(Cc2ccc(C(F)(F)F)cc2)C1.I. The van der Waals surface area contributed by atoms with Gasteiger partial charge in [-0.1, -0.05) is 12.1 Å². The molecule has 2 aliphatic heterocycles. The second-order valence-corrected chi connectivity index (χ2v) is 9.16. The fourth-order valence-electron chi connectivity index (χ4n) is 4.67. The van der Waals surface area contributed by atoms with Crippen LogP contribution in [0.5, 0.6) is 0 Å². The van der Waals surface area contributed by atoms with Crippen LogP contribution in [0.1, 0.15) is 43.7 Å². The van der Waals surface area contributed by atoms with Crippen molar-refractivity contribution in [1.29, 1.82) is 0 Å². The second kappa shape index (κ2) is 11.4. The van der Waals surface area contributed by atoms with Crippen LogP contribution >= 0.6 is 24.0 Å². The maximum atomic E-state index is 12.7. The molecule has 1 aromatic carbocycles. The van der Waals surface area contributed by atoms with Crippen LogP contribution in [0.3, 0.4) is 0 Å². The van der Waals surface area contributed by atoms with Crippen LogP contribution in [0, 0.1) is 5.92 Å². The molecule has 1 saturated carbocycles. The second-order valence-electron chi connectivity index (χ2n) is 9.16. The van der Waals surface area contributed by atoms with Gasteiger partial charge >= 0.3 is 6.18 Å². The fourth-order valence-corrected chi connectivity index (χ4v) is 4.67. The van der Waals surface area contributed by atoms with Crippen molar-refractivity contribution in [2.45, 2.75) is 57.4 Å². The van der Waals surface area contributed by atoms with E-state index in [0.717, 1.165) is 50.2 Å². The van der Waals surface area contributed by atoms with Gasteiger partial charge in [0.05, 0.1) is 5.56 Å². The zero-order valence-corrected chi connectivity index (χ0v) is 21.0. The third-order valence-corrected chi connectivity index (χ3v) is 6.53. The molecule has 2 unspecified atom stereocenters. The Hall–Kier alpha value is -1.07. The Morgan fingerprint density at radius 2 is 1.81 bits per heavy atom. The first-order valence-electron chi connectivity index (χ1n) is 11.6. The molecule has 2 N–H and O–H groups in total. The molecule has 1 aliphatic carbocycles. The van der Waals surface area contributed by atoms with E-state index in [2.05, 4.69) is 27.4 Å². The maximum Gasteiger partial charge on any atom is 0.416 e. The summed E-state index contributed by atoms with van der Waals surface area (Å²) in [5, 5.41) is 6.93. The van der Waals surface area contributed by atoms with Gasteiger partial charge in [0.25, 0.3) is 0 Å². The number of benzene rings is 1. The highest BCUT2D eigenvalue weighted by molar-refractivity contribution is 14.0. The van der Waals surface area contributed by atoms with Crippen molar-refractivity contribution in [1.82, 2.24) is 20.4 Å². The summed E-state index contributed by atoms with van der Waals surface area (Å²) < 4.78 is 38.2. The predicted octanol–water partition coefficient (Wildman–Crippen LogP) is 3.94. The molecule has 2 saturated heterocycles. The lowest BCUT2D eigenvalue weighted by Crippen LogP contribution is -2.44. The van der Waals surface area contributed by atoms with Gasteiger partial charge in [-0.05, 0) is 62.8 Å². The van der Waals surface area contributed by atoms with Gasteiger partial charge in [0.15, 0.2) is 5.96 Å². The number of nitrogens with one attached hydrogen (secondary N) is 2. The van der Waals surface area contributed by atoms with E-state index in [4.69, 9.17) is 4.99 Å². The van der Waals surface area contributed by atoms with Crippen LogP contribution < -0.4 is 10.6 Å². The standard InChI is InChI=1S/C23H34F3N5.HI/c1-2-27-22(28-13-18-9-12-31(15-18)21-7-8-21)29-20-10-11-30(16-20)14-17-3-5-19(6-4-17)23(24,25)26;/h3-6,18,20-21H,2,7-16H2,1H3,(H2,27,28,29);1H. The van der Waals surface area contributed by atoms with Crippen LogP contribution in [-0.4, -0.2) is 67.1 Å². The average Bonchev–Trinajstić information content (AvgIpc) is 3.31. The Labute approximate surface area is 206 Å². The van der Waals surface area contributed by atoms with Gasteiger partial charge < -0.3 is 15.5 Å². The van der Waals surface area contributed by atoms with E-state index in [1.54, 1.807) is 12.1 Å². The number of aliphatic imine (C=N–C) groups is 1. The van der Waals surface area contributed by atoms with Crippen molar-refractivity contribution in [3.63, 3.8) is 0 Å². The smallest absolute Gasteiger partial charge is 0.357 e. The minimum absolute atomic E-state index is 0. The van der Waals surface area contributed by atoms with E-state index in [9.17, 15) is 13.2 Å². The van der Waals surface area contributed by atoms with Crippen molar-refractivity contribution in [3.05, 3.63) is 35.4 Å². The molecular weight excluding hydrogens is 530 g/mol. The van der Waals surface area contributed by atoms with Crippen molar-refractivity contribution in [3.8, 4) is 0 Å². The summed E-state index contributed by atoms with van der Waals surface area (Å²) in [6.45, 7) is 8.62. The van der Waals surface area contributed by atoms with Gasteiger partial charge in [-0.15, -0.1) is 24.0 Å². The lowest BCUT2D eigenvalue weighted by molar-refractivity contribution is -0.137. The lowest BCUT2D eigenvalue weighted by atomic mass is 10.1. The first-order valence-corrected chi connectivity index (χ1v) is 11.6. The number of guanidine groups is 1. The van der Waals surface area contributed by atoms with Crippen molar-refractivity contribution >= 4 is 29.9 Å². The van der Waals surface area contributed by atoms with E-state index < -0.39 is 11.7 Å². The molecule has 0 amide bonds. The van der Waals surface area contributed by atoms with Crippen LogP contribution in [0.4, 0.5) is 13.2 Å². The highest BCUT2D eigenvalue weighted by Crippen LogP contribution is 2.32. The number of hydrogen-bond acceptors (Lipinski definition) is 3. The van der Waals surface area contributed by atoms with E-state index in [-0.39, 0.29) is 24.0 Å². The molecule has 2 heterocycles. The first-order chi connectivity index (χ1) is 14.9. The van der Waals surface area contributed by atoms with Crippen LogP contribution in [0.2, 0.25) is 0 Å². The van der Waals surface area contributed by atoms with Gasteiger partial charge in [0.2, 0.25) is 0 Å².